The SMILES string of the molecule is Cc1ccc(CN2C[C@H]3C[C@H](C(=O)N4CCCC4)[C@@H](C2)O3)o1. The fourth-order valence-electron chi connectivity index (χ4n) is 4.09. The molecule has 0 aliphatic carbocycles. The van der Waals surface area contributed by atoms with Gasteiger partial charge in [-0.2, -0.15) is 0 Å². The molecule has 22 heavy (non-hydrogen) atoms. The van der Waals surface area contributed by atoms with E-state index in [4.69, 9.17) is 9.15 Å². The zero-order chi connectivity index (χ0) is 15.1. The van der Waals surface area contributed by atoms with Crippen molar-refractivity contribution in [1.29, 1.82) is 0 Å². The van der Waals surface area contributed by atoms with E-state index >= 15 is 0 Å². The number of likely N-dealkylation sites (tertiary alicyclic amines) is 2. The smallest absolute Gasteiger partial charge is 0.228 e. The predicted molar refractivity (Wildman–Crippen MR) is 81.3 cm³/mol. The number of nitrogens with zero attached hydrogens (tertiary/aromatic N) is 2. The van der Waals surface area contributed by atoms with Gasteiger partial charge in [-0.25, -0.2) is 0 Å². The molecule has 0 radical (unpaired) electrons. The van der Waals surface area contributed by atoms with Crippen molar-refractivity contribution in [3.63, 3.8) is 0 Å². The molecule has 3 atom stereocenters. The van der Waals surface area contributed by atoms with Crippen LogP contribution in [0.15, 0.2) is 16.5 Å². The Morgan fingerprint density at radius 2 is 2.09 bits per heavy atom. The number of morpholine rings is 1. The van der Waals surface area contributed by atoms with Gasteiger partial charge in [0.2, 0.25) is 5.91 Å². The molecular formula is C17H24N2O3. The summed E-state index contributed by atoms with van der Waals surface area (Å²) in [6.45, 7) is 6.39. The lowest BCUT2D eigenvalue weighted by Gasteiger charge is -2.32. The monoisotopic (exact) mass is 304 g/mol. The Balaban J connectivity index is 1.40. The van der Waals surface area contributed by atoms with Crippen LogP contribution < -0.4 is 0 Å². The summed E-state index contributed by atoms with van der Waals surface area (Å²) in [5, 5.41) is 0. The number of hydrogen-bond acceptors (Lipinski definition) is 4. The molecule has 1 aromatic rings. The van der Waals surface area contributed by atoms with Gasteiger partial charge in [-0.1, -0.05) is 0 Å². The summed E-state index contributed by atoms with van der Waals surface area (Å²) in [5.41, 5.74) is 0. The van der Waals surface area contributed by atoms with Crippen LogP contribution in [0.5, 0.6) is 0 Å². The normalized spacial score (nSPS) is 31.9. The minimum Gasteiger partial charge on any atom is -0.465 e. The second-order valence-corrected chi connectivity index (χ2v) is 6.88. The number of furan rings is 1. The Morgan fingerprint density at radius 3 is 2.82 bits per heavy atom. The van der Waals surface area contributed by atoms with Crippen LogP contribution in [0.2, 0.25) is 0 Å². The highest BCUT2D eigenvalue weighted by Crippen LogP contribution is 2.34. The van der Waals surface area contributed by atoms with Crippen LogP contribution in [-0.2, 0) is 16.1 Å². The molecule has 3 aliphatic heterocycles. The third-order valence-electron chi connectivity index (χ3n) is 5.14. The number of ether oxygens (including phenoxy) is 1. The van der Waals surface area contributed by atoms with Crippen LogP contribution in [0.3, 0.4) is 0 Å². The van der Waals surface area contributed by atoms with E-state index in [1.807, 2.05) is 24.0 Å². The topological polar surface area (TPSA) is 45.9 Å². The minimum atomic E-state index is 0.0582. The van der Waals surface area contributed by atoms with E-state index in [-0.39, 0.29) is 18.1 Å². The molecular weight excluding hydrogens is 280 g/mol. The van der Waals surface area contributed by atoms with Gasteiger partial charge in [0.1, 0.15) is 11.5 Å². The molecule has 0 N–H and O–H groups in total. The maximum atomic E-state index is 12.7. The number of amides is 1. The van der Waals surface area contributed by atoms with E-state index in [0.717, 1.165) is 63.5 Å². The number of rotatable bonds is 3. The standard InChI is InChI=1S/C17H24N2O3/c1-12-4-5-13(21-12)9-18-10-14-8-15(16(11-18)22-14)17(20)19-6-2-3-7-19/h4-5,14-16H,2-3,6-11H2,1H3/t14-,15+,16-/m1/s1. The first-order valence-corrected chi connectivity index (χ1v) is 8.41. The molecule has 120 valence electrons. The third kappa shape index (κ3) is 2.68. The van der Waals surface area contributed by atoms with Crippen LogP contribution in [0, 0.1) is 12.8 Å². The first-order chi connectivity index (χ1) is 10.7. The summed E-state index contributed by atoms with van der Waals surface area (Å²) in [6, 6.07) is 4.05. The Labute approximate surface area is 131 Å². The lowest BCUT2D eigenvalue weighted by molar-refractivity contribution is -0.137. The van der Waals surface area contributed by atoms with Crippen LogP contribution in [-0.4, -0.2) is 54.1 Å². The average Bonchev–Trinajstić information content (AvgIpc) is 3.20. The zero-order valence-electron chi connectivity index (χ0n) is 13.2. The molecule has 0 saturated carbocycles. The fourth-order valence-corrected chi connectivity index (χ4v) is 4.09. The van der Waals surface area contributed by atoms with Crippen LogP contribution >= 0.6 is 0 Å². The van der Waals surface area contributed by atoms with Crippen molar-refractivity contribution < 1.29 is 13.9 Å². The van der Waals surface area contributed by atoms with E-state index in [0.29, 0.717) is 5.91 Å². The molecule has 3 aliphatic rings. The molecule has 3 fully saturated rings. The second kappa shape index (κ2) is 5.70. The maximum absolute atomic E-state index is 12.7. The zero-order valence-corrected chi connectivity index (χ0v) is 13.2. The van der Waals surface area contributed by atoms with Crippen molar-refractivity contribution in [3.8, 4) is 0 Å². The summed E-state index contributed by atoms with van der Waals surface area (Å²) < 4.78 is 11.7. The molecule has 5 nitrogen and oxygen atoms in total. The summed E-state index contributed by atoms with van der Waals surface area (Å²) in [4.78, 5) is 17.1. The Kier molecular flexibility index (Phi) is 3.70. The average molecular weight is 304 g/mol. The van der Waals surface area contributed by atoms with Gasteiger partial charge in [0, 0.05) is 26.2 Å². The third-order valence-corrected chi connectivity index (χ3v) is 5.14. The van der Waals surface area contributed by atoms with E-state index in [9.17, 15) is 4.79 Å². The van der Waals surface area contributed by atoms with Crippen molar-refractivity contribution in [2.75, 3.05) is 26.2 Å². The van der Waals surface area contributed by atoms with Crippen LogP contribution in [0.1, 0.15) is 30.8 Å². The number of fused-ring (bicyclic) bond motifs is 2. The van der Waals surface area contributed by atoms with E-state index in [1.54, 1.807) is 0 Å². The van der Waals surface area contributed by atoms with Crippen molar-refractivity contribution in [3.05, 3.63) is 23.7 Å². The van der Waals surface area contributed by atoms with Crippen molar-refractivity contribution in [1.82, 2.24) is 9.80 Å². The van der Waals surface area contributed by atoms with Gasteiger partial charge in [0.25, 0.3) is 0 Å². The van der Waals surface area contributed by atoms with Gasteiger partial charge in [0.15, 0.2) is 0 Å². The van der Waals surface area contributed by atoms with E-state index in [2.05, 4.69) is 4.90 Å². The maximum Gasteiger partial charge on any atom is 0.228 e. The van der Waals surface area contributed by atoms with E-state index < -0.39 is 0 Å². The molecule has 3 saturated heterocycles. The molecule has 5 heteroatoms. The molecule has 2 bridgehead atoms. The second-order valence-electron chi connectivity index (χ2n) is 6.88. The highest BCUT2D eigenvalue weighted by molar-refractivity contribution is 5.80. The highest BCUT2D eigenvalue weighted by atomic mass is 16.5. The first kappa shape index (κ1) is 14.3. The fraction of sp³-hybridized carbons (Fsp3) is 0.706. The van der Waals surface area contributed by atoms with Gasteiger partial charge in [-0.3, -0.25) is 9.69 Å². The summed E-state index contributed by atoms with van der Waals surface area (Å²) in [6.07, 6.45) is 3.44. The number of carbonyl (C=O) groups is 1. The number of carbonyl (C=O) groups excluding carboxylic acids is 1. The summed E-state index contributed by atoms with van der Waals surface area (Å²) in [7, 11) is 0. The Bertz CT molecular complexity index is 550. The van der Waals surface area contributed by atoms with Gasteiger partial charge in [0.05, 0.1) is 24.7 Å². The lowest BCUT2D eigenvalue weighted by atomic mass is 9.99. The molecule has 4 heterocycles. The van der Waals surface area contributed by atoms with Crippen molar-refractivity contribution >= 4 is 5.91 Å². The predicted octanol–water partition coefficient (Wildman–Crippen LogP) is 1.80. The van der Waals surface area contributed by atoms with Crippen molar-refractivity contribution in [2.45, 2.75) is 44.9 Å². The largest absolute Gasteiger partial charge is 0.465 e. The first-order valence-electron chi connectivity index (χ1n) is 8.41. The van der Waals surface area contributed by atoms with E-state index in [1.165, 1.54) is 0 Å². The van der Waals surface area contributed by atoms with Crippen LogP contribution in [0.4, 0.5) is 0 Å². The van der Waals surface area contributed by atoms with Crippen LogP contribution in [0.25, 0.3) is 0 Å². The van der Waals surface area contributed by atoms with Crippen molar-refractivity contribution in [2.24, 2.45) is 5.92 Å². The summed E-state index contributed by atoms with van der Waals surface area (Å²) in [5.74, 6) is 2.33. The van der Waals surface area contributed by atoms with Gasteiger partial charge < -0.3 is 14.1 Å². The summed E-state index contributed by atoms with van der Waals surface area (Å²) >= 11 is 0. The Hall–Kier alpha value is -1.33. The minimum absolute atomic E-state index is 0.0582. The van der Waals surface area contributed by atoms with Gasteiger partial charge in [-0.05, 0) is 38.3 Å². The molecule has 0 spiro atoms. The molecule has 0 unspecified atom stereocenters. The van der Waals surface area contributed by atoms with Gasteiger partial charge in [-0.15, -0.1) is 0 Å². The quantitative estimate of drug-likeness (QED) is 0.854. The Morgan fingerprint density at radius 1 is 1.27 bits per heavy atom. The van der Waals surface area contributed by atoms with Gasteiger partial charge >= 0.3 is 0 Å². The lowest BCUT2D eigenvalue weighted by Crippen LogP contribution is -2.45. The number of hydrogen-bond donors (Lipinski definition) is 0. The molecule has 1 amide bonds. The molecule has 0 aromatic carbocycles. The number of aryl methyl sites for hydroxylation is 1. The molecule has 1 aromatic heterocycles. The highest BCUT2D eigenvalue weighted by Gasteiger charge is 2.46. The molecule has 4 rings (SSSR count).